The predicted molar refractivity (Wildman–Crippen MR) is 129 cm³/mol. The van der Waals surface area contributed by atoms with Crippen molar-refractivity contribution in [2.24, 2.45) is 0 Å². The molecule has 3 aromatic heterocycles. The average molecular weight is 572 g/mol. The predicted octanol–water partition coefficient (Wildman–Crippen LogP) is 3.84. The van der Waals surface area contributed by atoms with Crippen LogP contribution in [-0.2, 0) is 12.7 Å². The largest absolute Gasteiger partial charge is 0.423 e. The minimum atomic E-state index is -4.99. The second-order valence-corrected chi connectivity index (χ2v) is 8.75. The van der Waals surface area contributed by atoms with E-state index in [0.29, 0.717) is 0 Å². The molecule has 0 saturated carbocycles. The highest BCUT2D eigenvalue weighted by Crippen LogP contribution is 2.32. The molecule has 3 heterocycles. The summed E-state index contributed by atoms with van der Waals surface area (Å²) < 4.78 is 96.0. The number of H-pyrrole nitrogens is 1. The summed E-state index contributed by atoms with van der Waals surface area (Å²) >= 11 is 0. The summed E-state index contributed by atoms with van der Waals surface area (Å²) in [6, 6.07) is 1.00. The zero-order valence-corrected chi connectivity index (χ0v) is 20.3. The van der Waals surface area contributed by atoms with E-state index in [9.17, 15) is 40.3 Å². The summed E-state index contributed by atoms with van der Waals surface area (Å²) in [5, 5.41) is 7.18. The molecule has 0 radical (unpaired) electrons. The van der Waals surface area contributed by atoms with Gasteiger partial charge in [0.2, 0.25) is 0 Å². The third-order valence-corrected chi connectivity index (χ3v) is 5.78. The van der Waals surface area contributed by atoms with Crippen LogP contribution in [-0.4, -0.2) is 41.9 Å². The minimum Gasteiger partial charge on any atom is -0.383 e. The Morgan fingerprint density at radius 1 is 1.12 bits per heavy atom. The van der Waals surface area contributed by atoms with Crippen molar-refractivity contribution in [2.75, 3.05) is 11.1 Å². The van der Waals surface area contributed by atoms with Crippen LogP contribution >= 0.6 is 0 Å². The molecule has 4 rings (SSSR count). The molecule has 17 heteroatoms. The molecule has 4 aromatic rings. The third-order valence-electron chi connectivity index (χ3n) is 5.78. The lowest BCUT2D eigenvalue weighted by Gasteiger charge is -2.20. The van der Waals surface area contributed by atoms with E-state index in [2.05, 4.69) is 25.4 Å². The van der Waals surface area contributed by atoms with Crippen LogP contribution in [0, 0.1) is 5.82 Å². The lowest BCUT2D eigenvalue weighted by atomic mass is 10.1. The van der Waals surface area contributed by atoms with Gasteiger partial charge >= 0.3 is 6.18 Å². The molecule has 10 nitrogen and oxygen atoms in total. The number of nitrogens with one attached hydrogen (secondary N) is 2. The number of fused-ring (bicyclic) bond motifs is 1. The van der Waals surface area contributed by atoms with Gasteiger partial charge in [-0.3, -0.25) is 14.2 Å². The molecule has 0 fully saturated rings. The summed E-state index contributed by atoms with van der Waals surface area (Å²) in [6.45, 7) is 0.806. The van der Waals surface area contributed by atoms with Gasteiger partial charge in [0.1, 0.15) is 23.4 Å². The summed E-state index contributed by atoms with van der Waals surface area (Å²) in [7, 11) is 0. The monoisotopic (exact) mass is 572 g/mol. The maximum atomic E-state index is 14.9. The minimum absolute atomic E-state index is 0.0234. The fourth-order valence-electron chi connectivity index (χ4n) is 3.97. The highest BCUT2D eigenvalue weighted by molar-refractivity contribution is 5.82. The van der Waals surface area contributed by atoms with E-state index in [1.165, 1.54) is 6.92 Å². The quantitative estimate of drug-likeness (QED) is 0.270. The molecular weight excluding hydrogens is 553 g/mol. The zero-order valence-electron chi connectivity index (χ0n) is 20.3. The summed E-state index contributed by atoms with van der Waals surface area (Å²) in [5.41, 5.74) is 0.138. The van der Waals surface area contributed by atoms with E-state index in [0.717, 1.165) is 35.4 Å². The number of hydrogen-bond acceptors (Lipinski definition) is 8. The number of anilines is 2. The van der Waals surface area contributed by atoms with Gasteiger partial charge in [0, 0.05) is 18.7 Å². The number of alkyl halides is 6. The van der Waals surface area contributed by atoms with E-state index < -0.39 is 70.9 Å². The SMILES string of the molecule is C[C@@H](C[C@@H](F)Cn1cnc2cc(-c3ncc(C(F)F)c(N)n3)c(F)cc2c1=O)Nc1cn[nH]c(=O)c1C(F)(F)F. The first-order chi connectivity index (χ1) is 18.8. The Hall–Kier alpha value is -4.57. The highest BCUT2D eigenvalue weighted by Gasteiger charge is 2.37. The number of nitrogens with two attached hydrogens (primary N) is 1. The van der Waals surface area contributed by atoms with E-state index in [1.807, 2.05) is 0 Å². The van der Waals surface area contributed by atoms with Gasteiger partial charge in [0.15, 0.2) is 5.82 Å². The van der Waals surface area contributed by atoms with Crippen molar-refractivity contribution in [1.29, 1.82) is 0 Å². The van der Waals surface area contributed by atoms with Crippen molar-refractivity contribution in [2.45, 2.75) is 44.7 Å². The third kappa shape index (κ3) is 5.86. The number of rotatable bonds is 8. The molecule has 0 aliphatic heterocycles. The number of hydrogen-bond donors (Lipinski definition) is 3. The van der Waals surface area contributed by atoms with Gasteiger partial charge in [-0.05, 0) is 19.1 Å². The molecule has 0 saturated heterocycles. The molecular formula is C23H19F7N8O2. The zero-order chi connectivity index (χ0) is 29.4. The van der Waals surface area contributed by atoms with E-state index in [4.69, 9.17) is 5.73 Å². The van der Waals surface area contributed by atoms with Gasteiger partial charge < -0.3 is 11.1 Å². The van der Waals surface area contributed by atoms with Gasteiger partial charge in [-0.1, -0.05) is 0 Å². The number of aromatic nitrogens is 6. The van der Waals surface area contributed by atoms with Crippen molar-refractivity contribution < 1.29 is 30.7 Å². The van der Waals surface area contributed by atoms with Crippen molar-refractivity contribution in [3.63, 3.8) is 0 Å². The number of halogens is 7. The average Bonchev–Trinajstić information content (AvgIpc) is 2.84. The summed E-state index contributed by atoms with van der Waals surface area (Å²) in [4.78, 5) is 35.9. The van der Waals surface area contributed by atoms with Crippen molar-refractivity contribution in [3.05, 3.63) is 68.5 Å². The molecule has 0 aliphatic rings. The number of aromatic amines is 1. The van der Waals surface area contributed by atoms with Gasteiger partial charge in [0.05, 0.1) is 46.8 Å². The van der Waals surface area contributed by atoms with Crippen LogP contribution < -0.4 is 22.2 Å². The molecule has 2 atom stereocenters. The molecule has 4 N–H and O–H groups in total. The molecule has 212 valence electrons. The maximum absolute atomic E-state index is 14.9. The fraction of sp³-hybridized carbons (Fsp3) is 0.304. The van der Waals surface area contributed by atoms with Crippen LogP contribution in [0.4, 0.5) is 42.2 Å². The van der Waals surface area contributed by atoms with Gasteiger partial charge in [0.25, 0.3) is 17.5 Å². The molecule has 0 spiro atoms. The Morgan fingerprint density at radius 3 is 2.50 bits per heavy atom. The van der Waals surface area contributed by atoms with Crippen LogP contribution in [0.1, 0.15) is 30.9 Å². The van der Waals surface area contributed by atoms with Gasteiger partial charge in [-0.25, -0.2) is 37.6 Å². The van der Waals surface area contributed by atoms with Gasteiger partial charge in [-0.15, -0.1) is 0 Å². The molecule has 0 unspecified atom stereocenters. The van der Waals surface area contributed by atoms with Crippen LogP contribution in [0.3, 0.4) is 0 Å². The second kappa shape index (κ2) is 10.9. The number of nitrogens with zero attached hydrogens (tertiary/aromatic N) is 5. The first kappa shape index (κ1) is 28.4. The lowest BCUT2D eigenvalue weighted by Crippen LogP contribution is -2.30. The van der Waals surface area contributed by atoms with Crippen LogP contribution in [0.15, 0.2) is 40.4 Å². The number of nitrogen functional groups attached to an aromatic ring is 1. The lowest BCUT2D eigenvalue weighted by molar-refractivity contribution is -0.138. The molecule has 0 bridgehead atoms. The van der Waals surface area contributed by atoms with Crippen LogP contribution in [0.2, 0.25) is 0 Å². The fourth-order valence-corrected chi connectivity index (χ4v) is 3.97. The molecule has 1 aromatic carbocycles. The van der Waals surface area contributed by atoms with Gasteiger partial charge in [-0.2, -0.15) is 18.3 Å². The Bertz CT molecular complexity index is 1670. The Balaban J connectivity index is 1.53. The van der Waals surface area contributed by atoms with Crippen molar-refractivity contribution >= 4 is 22.4 Å². The van der Waals surface area contributed by atoms with Crippen molar-refractivity contribution in [1.82, 2.24) is 29.7 Å². The molecule has 0 amide bonds. The van der Waals surface area contributed by atoms with Crippen LogP contribution in [0.25, 0.3) is 22.3 Å². The molecule has 0 aliphatic carbocycles. The Kier molecular flexibility index (Phi) is 7.75. The van der Waals surface area contributed by atoms with Crippen LogP contribution in [0.5, 0.6) is 0 Å². The molecule has 40 heavy (non-hydrogen) atoms. The Labute approximate surface area is 219 Å². The second-order valence-electron chi connectivity index (χ2n) is 8.75. The standard InChI is InChI=1S/C23H19F7N8O2/c1-9(35-16-6-34-37-21(39)17(16)23(28,29)30)2-10(24)7-38-8-33-15-4-11(14(25)3-12(15)22(38)40)20-32-5-13(18(26)27)19(31)36-20/h3-6,8-10,18H,2,7H2,1H3,(H2,31,32,36)(H2,35,37,39)/t9-,10+/m0/s1. The maximum Gasteiger partial charge on any atom is 0.423 e. The van der Waals surface area contributed by atoms with E-state index in [1.54, 1.807) is 5.10 Å². The summed E-state index contributed by atoms with van der Waals surface area (Å²) in [5.74, 6) is -1.86. The Morgan fingerprint density at radius 2 is 1.85 bits per heavy atom. The number of benzene rings is 1. The first-order valence-electron chi connectivity index (χ1n) is 11.4. The normalized spacial score (nSPS) is 13.5. The first-order valence-corrected chi connectivity index (χ1v) is 11.4. The van der Waals surface area contributed by atoms with Crippen molar-refractivity contribution in [3.8, 4) is 11.4 Å². The topological polar surface area (TPSA) is 144 Å². The highest BCUT2D eigenvalue weighted by atomic mass is 19.4. The smallest absolute Gasteiger partial charge is 0.383 e. The van der Waals surface area contributed by atoms with E-state index in [-0.39, 0.29) is 28.7 Å². The van der Waals surface area contributed by atoms with E-state index >= 15 is 0 Å². The summed E-state index contributed by atoms with van der Waals surface area (Å²) in [6.07, 6.45) is -7.57.